The summed E-state index contributed by atoms with van der Waals surface area (Å²) in [5, 5.41) is 2.99. The van der Waals surface area contributed by atoms with Crippen molar-refractivity contribution in [2.45, 2.75) is 0 Å². The van der Waals surface area contributed by atoms with Gasteiger partial charge in [0.25, 0.3) is 0 Å². The second kappa shape index (κ2) is 3.72. The lowest BCUT2D eigenvalue weighted by atomic mass is 10.1. The van der Waals surface area contributed by atoms with Crippen LogP contribution in [0.25, 0.3) is 37.6 Å². The number of carbonyl (C=O) groups excluding carboxylic acids is 1. The summed E-state index contributed by atoms with van der Waals surface area (Å²) < 4.78 is 0. The highest BCUT2D eigenvalue weighted by Crippen LogP contribution is 2.33. The highest BCUT2D eigenvalue weighted by Gasteiger charge is 2.11. The first kappa shape index (κ1) is 10.8. The number of fused-ring (bicyclic) bond motifs is 5. The van der Waals surface area contributed by atoms with E-state index in [4.69, 9.17) is 6.57 Å². The zero-order chi connectivity index (χ0) is 13.7. The summed E-state index contributed by atoms with van der Waals surface area (Å²) in [5.74, 6) is 0. The predicted octanol–water partition coefficient (Wildman–Crippen LogP) is 4.17. The molecule has 4 nitrogen and oxygen atoms in total. The van der Waals surface area contributed by atoms with E-state index in [2.05, 4.69) is 14.8 Å². The Kier molecular flexibility index (Phi) is 2.01. The molecule has 4 rings (SSSR count). The van der Waals surface area contributed by atoms with Crippen molar-refractivity contribution in [2.75, 3.05) is 0 Å². The van der Waals surface area contributed by atoms with Gasteiger partial charge in [0.15, 0.2) is 12.0 Å². The maximum Gasteiger partial charge on any atom is 0.188 e. The zero-order valence-corrected chi connectivity index (χ0v) is 10.4. The molecular formula is C16H9N3O. The number of aldehydes is 1. The molecule has 0 unspecified atom stereocenters. The number of nitrogens with one attached hydrogen (secondary N) is 2. The van der Waals surface area contributed by atoms with Crippen molar-refractivity contribution < 1.29 is 4.79 Å². The van der Waals surface area contributed by atoms with Crippen LogP contribution in [0.2, 0.25) is 0 Å². The van der Waals surface area contributed by atoms with Crippen molar-refractivity contribution >= 4 is 44.7 Å². The molecule has 0 aliphatic carbocycles. The van der Waals surface area contributed by atoms with E-state index in [1.54, 1.807) is 12.3 Å². The van der Waals surface area contributed by atoms with E-state index in [1.807, 2.05) is 24.3 Å². The molecule has 0 atom stereocenters. The lowest BCUT2D eigenvalue weighted by Gasteiger charge is -1.94. The molecule has 0 spiro atoms. The van der Waals surface area contributed by atoms with Crippen LogP contribution in [-0.4, -0.2) is 16.3 Å². The average molecular weight is 259 g/mol. The molecule has 0 aliphatic heterocycles. The normalized spacial score (nSPS) is 11.2. The lowest BCUT2D eigenvalue weighted by Crippen LogP contribution is -1.75. The van der Waals surface area contributed by atoms with Crippen LogP contribution in [-0.2, 0) is 0 Å². The summed E-state index contributed by atoms with van der Waals surface area (Å²) in [6.07, 6.45) is 2.57. The molecule has 0 amide bonds. The van der Waals surface area contributed by atoms with Gasteiger partial charge in [-0.05, 0) is 17.5 Å². The van der Waals surface area contributed by atoms with Gasteiger partial charge in [-0.25, -0.2) is 4.85 Å². The van der Waals surface area contributed by atoms with E-state index >= 15 is 0 Å². The summed E-state index contributed by atoms with van der Waals surface area (Å²) in [4.78, 5) is 21.0. The summed E-state index contributed by atoms with van der Waals surface area (Å²) in [6.45, 7) is 7.11. The van der Waals surface area contributed by atoms with Gasteiger partial charge < -0.3 is 9.97 Å². The molecule has 2 heterocycles. The Labute approximate surface area is 113 Å². The molecule has 2 aromatic heterocycles. The Hall–Kier alpha value is -3.06. The molecule has 2 N–H and O–H groups in total. The SMILES string of the molecule is [C-]#[N+]c1ccc2[nH]c3c(ccc4c(C=O)c[nH]c43)c2c1. The summed E-state index contributed by atoms with van der Waals surface area (Å²) in [6, 6.07) is 9.53. The number of aromatic nitrogens is 2. The molecule has 4 aromatic rings. The maximum absolute atomic E-state index is 11.0. The first-order valence-electron chi connectivity index (χ1n) is 6.20. The standard InChI is InChI=1S/C16H9N3O/c1-17-10-2-5-14-13(6-10)12-4-3-11-9(8-20)7-18-15(11)16(12)19-14/h2-8,18-19H. The van der Waals surface area contributed by atoms with Crippen LogP contribution in [0, 0.1) is 6.57 Å². The van der Waals surface area contributed by atoms with E-state index in [0.717, 1.165) is 39.0 Å². The largest absolute Gasteiger partial charge is 0.359 e. The van der Waals surface area contributed by atoms with E-state index in [1.165, 1.54) is 0 Å². The highest BCUT2D eigenvalue weighted by molar-refractivity contribution is 6.18. The molecule has 0 saturated heterocycles. The second-order valence-corrected chi connectivity index (χ2v) is 4.74. The van der Waals surface area contributed by atoms with Crippen LogP contribution >= 0.6 is 0 Å². The third-order valence-electron chi connectivity index (χ3n) is 3.70. The third kappa shape index (κ3) is 1.26. The molecule has 20 heavy (non-hydrogen) atoms. The Balaban J connectivity index is 2.21. The van der Waals surface area contributed by atoms with E-state index in [-0.39, 0.29) is 0 Å². The molecule has 0 bridgehead atoms. The Morgan fingerprint density at radius 3 is 2.70 bits per heavy atom. The van der Waals surface area contributed by atoms with Crippen molar-refractivity contribution in [3.63, 3.8) is 0 Å². The fourth-order valence-corrected chi connectivity index (χ4v) is 2.74. The Morgan fingerprint density at radius 1 is 1.05 bits per heavy atom. The van der Waals surface area contributed by atoms with Gasteiger partial charge in [0.2, 0.25) is 0 Å². The maximum atomic E-state index is 11.0. The van der Waals surface area contributed by atoms with Crippen LogP contribution in [0.15, 0.2) is 36.5 Å². The number of nitrogens with zero attached hydrogens (tertiary/aromatic N) is 1. The molecule has 4 heteroatoms. The first-order valence-corrected chi connectivity index (χ1v) is 6.20. The molecular weight excluding hydrogens is 250 g/mol. The van der Waals surface area contributed by atoms with Crippen LogP contribution < -0.4 is 0 Å². The summed E-state index contributed by atoms with van der Waals surface area (Å²) >= 11 is 0. The Morgan fingerprint density at radius 2 is 1.90 bits per heavy atom. The monoisotopic (exact) mass is 259 g/mol. The van der Waals surface area contributed by atoms with Gasteiger partial charge >= 0.3 is 0 Å². The first-order chi connectivity index (χ1) is 9.81. The van der Waals surface area contributed by atoms with E-state index < -0.39 is 0 Å². The minimum Gasteiger partial charge on any atom is -0.359 e. The van der Waals surface area contributed by atoms with E-state index in [9.17, 15) is 4.79 Å². The highest BCUT2D eigenvalue weighted by atomic mass is 16.1. The number of hydrogen-bond acceptors (Lipinski definition) is 1. The van der Waals surface area contributed by atoms with Gasteiger partial charge in [0.1, 0.15) is 0 Å². The topological polar surface area (TPSA) is 53.0 Å². The number of hydrogen-bond donors (Lipinski definition) is 2. The fraction of sp³-hybridized carbons (Fsp3) is 0. The minimum atomic E-state index is 0.624. The predicted molar refractivity (Wildman–Crippen MR) is 79.3 cm³/mol. The van der Waals surface area contributed by atoms with Gasteiger partial charge in [-0.3, -0.25) is 4.79 Å². The van der Waals surface area contributed by atoms with Crippen LogP contribution in [0.1, 0.15) is 10.4 Å². The fourth-order valence-electron chi connectivity index (χ4n) is 2.74. The second-order valence-electron chi connectivity index (χ2n) is 4.74. The van der Waals surface area contributed by atoms with Gasteiger partial charge in [-0.15, -0.1) is 0 Å². The molecule has 0 aliphatic rings. The molecule has 94 valence electrons. The van der Waals surface area contributed by atoms with Crippen LogP contribution in [0.3, 0.4) is 0 Å². The molecule has 0 saturated carbocycles. The van der Waals surface area contributed by atoms with Crippen molar-refractivity contribution in [2.24, 2.45) is 0 Å². The zero-order valence-electron chi connectivity index (χ0n) is 10.4. The van der Waals surface area contributed by atoms with E-state index in [0.29, 0.717) is 11.3 Å². The van der Waals surface area contributed by atoms with Crippen molar-refractivity contribution in [3.05, 3.63) is 53.5 Å². The quantitative estimate of drug-likeness (QED) is 0.391. The van der Waals surface area contributed by atoms with Crippen LogP contribution in [0.5, 0.6) is 0 Å². The molecule has 0 fully saturated rings. The number of H-pyrrole nitrogens is 2. The third-order valence-corrected chi connectivity index (χ3v) is 3.70. The minimum absolute atomic E-state index is 0.624. The molecule has 0 radical (unpaired) electrons. The van der Waals surface area contributed by atoms with Crippen molar-refractivity contribution in [1.82, 2.24) is 9.97 Å². The average Bonchev–Trinajstić information content (AvgIpc) is 3.06. The number of carbonyl (C=O) groups is 1. The van der Waals surface area contributed by atoms with Gasteiger partial charge in [0.05, 0.1) is 17.6 Å². The number of benzene rings is 2. The van der Waals surface area contributed by atoms with Crippen molar-refractivity contribution in [3.8, 4) is 0 Å². The number of aromatic amines is 2. The summed E-state index contributed by atoms with van der Waals surface area (Å²) in [7, 11) is 0. The van der Waals surface area contributed by atoms with Gasteiger partial charge in [0, 0.05) is 28.0 Å². The van der Waals surface area contributed by atoms with Gasteiger partial charge in [-0.1, -0.05) is 18.2 Å². The van der Waals surface area contributed by atoms with Crippen molar-refractivity contribution in [1.29, 1.82) is 0 Å². The smallest absolute Gasteiger partial charge is 0.188 e. The molecule has 2 aromatic carbocycles. The van der Waals surface area contributed by atoms with Crippen LogP contribution in [0.4, 0.5) is 5.69 Å². The van der Waals surface area contributed by atoms with Gasteiger partial charge in [-0.2, -0.15) is 0 Å². The summed E-state index contributed by atoms with van der Waals surface area (Å²) in [5.41, 5.74) is 4.15. The lowest BCUT2D eigenvalue weighted by molar-refractivity contribution is 0.112. The number of rotatable bonds is 1. The Bertz CT molecular complexity index is 1030.